The van der Waals surface area contributed by atoms with E-state index in [0.29, 0.717) is 17.1 Å². The van der Waals surface area contributed by atoms with Gasteiger partial charge >= 0.3 is 0 Å². The molecule has 21 heavy (non-hydrogen) atoms. The molecule has 0 saturated carbocycles. The number of rotatable bonds is 5. The van der Waals surface area contributed by atoms with Crippen molar-refractivity contribution in [2.45, 2.75) is 26.4 Å². The minimum atomic E-state index is -0.539. The zero-order valence-electron chi connectivity index (χ0n) is 11.8. The van der Waals surface area contributed by atoms with Gasteiger partial charge in [0.1, 0.15) is 0 Å². The molecule has 1 N–H and O–H groups in total. The van der Waals surface area contributed by atoms with Crippen LogP contribution in [0.2, 0.25) is 0 Å². The van der Waals surface area contributed by atoms with Crippen molar-refractivity contribution < 1.29 is 13.5 Å². The molecule has 0 amide bonds. The molecule has 0 aromatic heterocycles. The Morgan fingerprint density at radius 2 is 1.81 bits per heavy atom. The maximum atomic E-state index is 14.0. The van der Waals surface area contributed by atoms with E-state index in [1.807, 2.05) is 13.8 Å². The van der Waals surface area contributed by atoms with Crippen LogP contribution in [0.3, 0.4) is 0 Å². The van der Waals surface area contributed by atoms with Crippen molar-refractivity contribution in [3.05, 3.63) is 58.1 Å². The van der Waals surface area contributed by atoms with Gasteiger partial charge < -0.3 is 10.1 Å². The molecule has 2 nitrogen and oxygen atoms in total. The maximum Gasteiger partial charge on any atom is 0.166 e. The summed E-state index contributed by atoms with van der Waals surface area (Å²) in [6.07, 6.45) is 0. The Bertz CT molecular complexity index is 632. The third-order valence-corrected chi connectivity index (χ3v) is 3.32. The quantitative estimate of drug-likeness (QED) is 0.813. The van der Waals surface area contributed by atoms with Crippen LogP contribution in [0.5, 0.6) is 11.5 Å². The average molecular weight is 356 g/mol. The van der Waals surface area contributed by atoms with Gasteiger partial charge in [-0.2, -0.15) is 0 Å². The van der Waals surface area contributed by atoms with Crippen LogP contribution in [0.25, 0.3) is 0 Å². The first-order valence-corrected chi connectivity index (χ1v) is 7.39. The summed E-state index contributed by atoms with van der Waals surface area (Å²) in [4.78, 5) is 0. The molecule has 0 unspecified atom stereocenters. The van der Waals surface area contributed by atoms with E-state index in [4.69, 9.17) is 4.74 Å². The van der Waals surface area contributed by atoms with Crippen molar-refractivity contribution in [1.29, 1.82) is 0 Å². The van der Waals surface area contributed by atoms with Gasteiger partial charge in [-0.1, -0.05) is 35.8 Å². The smallest absolute Gasteiger partial charge is 0.166 e. The fourth-order valence-electron chi connectivity index (χ4n) is 1.73. The predicted molar refractivity (Wildman–Crippen MR) is 82.5 cm³/mol. The second kappa shape index (κ2) is 7.00. The average Bonchev–Trinajstić information content (AvgIpc) is 2.43. The number of benzene rings is 2. The first-order chi connectivity index (χ1) is 9.95. The molecule has 112 valence electrons. The molecule has 5 heteroatoms. The summed E-state index contributed by atoms with van der Waals surface area (Å²) in [5.41, 5.74) is 0.809. The molecular weight excluding hydrogens is 340 g/mol. The zero-order valence-corrected chi connectivity index (χ0v) is 13.4. The molecule has 0 atom stereocenters. The van der Waals surface area contributed by atoms with E-state index in [-0.39, 0.29) is 11.5 Å². The summed E-state index contributed by atoms with van der Waals surface area (Å²) in [6, 6.07) is 9.25. The summed E-state index contributed by atoms with van der Waals surface area (Å²) in [5.74, 6) is -1.07. The topological polar surface area (TPSA) is 21.3 Å². The number of hydrogen-bond donors (Lipinski definition) is 1. The van der Waals surface area contributed by atoms with E-state index in [9.17, 15) is 8.78 Å². The molecule has 0 aliphatic carbocycles. The van der Waals surface area contributed by atoms with Gasteiger partial charge in [-0.25, -0.2) is 8.78 Å². The van der Waals surface area contributed by atoms with Crippen LogP contribution < -0.4 is 10.1 Å². The highest BCUT2D eigenvalue weighted by molar-refractivity contribution is 9.10. The Kier molecular flexibility index (Phi) is 5.31. The van der Waals surface area contributed by atoms with E-state index in [1.54, 1.807) is 12.1 Å². The van der Waals surface area contributed by atoms with E-state index in [1.165, 1.54) is 24.3 Å². The van der Waals surface area contributed by atoms with Gasteiger partial charge in [0.25, 0.3) is 0 Å². The third-order valence-electron chi connectivity index (χ3n) is 2.82. The summed E-state index contributed by atoms with van der Waals surface area (Å²) in [7, 11) is 0. The largest absolute Gasteiger partial charge is 0.451 e. The first kappa shape index (κ1) is 15.9. The molecule has 0 bridgehead atoms. The highest BCUT2D eigenvalue weighted by atomic mass is 79.9. The molecule has 2 aromatic carbocycles. The van der Waals surface area contributed by atoms with Crippen molar-refractivity contribution in [2.75, 3.05) is 0 Å². The summed E-state index contributed by atoms with van der Waals surface area (Å²) in [5, 5.41) is 3.20. The normalized spacial score (nSPS) is 11.0. The summed E-state index contributed by atoms with van der Waals surface area (Å²) < 4.78 is 33.6. The fourth-order valence-corrected chi connectivity index (χ4v) is 2.07. The van der Waals surface area contributed by atoms with Crippen LogP contribution in [0.4, 0.5) is 8.78 Å². The van der Waals surface area contributed by atoms with Crippen LogP contribution in [0.1, 0.15) is 19.4 Å². The summed E-state index contributed by atoms with van der Waals surface area (Å²) >= 11 is 3.23. The molecule has 0 saturated heterocycles. The lowest BCUT2D eigenvalue weighted by molar-refractivity contribution is 0.413. The minimum absolute atomic E-state index is 0.000275. The fraction of sp³-hybridized carbons (Fsp3) is 0.250. The number of ether oxygens (including phenoxy) is 1. The van der Waals surface area contributed by atoms with E-state index in [2.05, 4.69) is 21.2 Å². The lowest BCUT2D eigenvalue weighted by Crippen LogP contribution is -2.21. The van der Waals surface area contributed by atoms with Crippen LogP contribution in [-0.4, -0.2) is 6.04 Å². The first-order valence-electron chi connectivity index (χ1n) is 6.60. The highest BCUT2D eigenvalue weighted by Gasteiger charge is 2.10. The monoisotopic (exact) mass is 355 g/mol. The number of hydrogen-bond acceptors (Lipinski definition) is 2. The van der Waals surface area contributed by atoms with Gasteiger partial charge in [0.15, 0.2) is 23.1 Å². The predicted octanol–water partition coefficient (Wildman–Crippen LogP) is 5.02. The molecule has 0 aliphatic heterocycles. The van der Waals surface area contributed by atoms with E-state index >= 15 is 0 Å². The zero-order chi connectivity index (χ0) is 15.4. The number of nitrogens with one attached hydrogen (secondary N) is 1. The lowest BCUT2D eigenvalue weighted by Gasteiger charge is -2.11. The molecule has 2 aromatic rings. The molecule has 0 radical (unpaired) electrons. The Labute approximate surface area is 131 Å². The highest BCUT2D eigenvalue weighted by Crippen LogP contribution is 2.29. The van der Waals surface area contributed by atoms with Crippen LogP contribution in [-0.2, 0) is 6.54 Å². The van der Waals surface area contributed by atoms with Crippen LogP contribution >= 0.6 is 15.9 Å². The van der Waals surface area contributed by atoms with Crippen molar-refractivity contribution in [3.63, 3.8) is 0 Å². The SMILES string of the molecule is CC(C)NCc1ccc(Oc2cc(Br)ccc2F)c(F)c1. The van der Waals surface area contributed by atoms with Crippen molar-refractivity contribution in [3.8, 4) is 11.5 Å². The molecule has 0 heterocycles. The maximum absolute atomic E-state index is 14.0. The number of halogens is 3. The Balaban J connectivity index is 2.15. The van der Waals surface area contributed by atoms with Crippen molar-refractivity contribution >= 4 is 15.9 Å². The van der Waals surface area contributed by atoms with Crippen LogP contribution in [0.15, 0.2) is 40.9 Å². The molecule has 0 fully saturated rings. The van der Waals surface area contributed by atoms with Crippen LogP contribution in [0, 0.1) is 11.6 Å². The van der Waals surface area contributed by atoms with Crippen molar-refractivity contribution in [2.24, 2.45) is 0 Å². The molecule has 0 spiro atoms. The Hall–Kier alpha value is -1.46. The van der Waals surface area contributed by atoms with Crippen molar-refractivity contribution in [1.82, 2.24) is 5.32 Å². The second-order valence-electron chi connectivity index (χ2n) is 4.98. The summed E-state index contributed by atoms with van der Waals surface area (Å²) in [6.45, 7) is 4.61. The molecular formula is C16H16BrF2NO. The molecule has 2 rings (SSSR count). The van der Waals surface area contributed by atoms with Gasteiger partial charge in [0, 0.05) is 17.1 Å². The van der Waals surface area contributed by atoms with Gasteiger partial charge in [-0.3, -0.25) is 0 Å². The molecule has 0 aliphatic rings. The minimum Gasteiger partial charge on any atom is -0.451 e. The van der Waals surface area contributed by atoms with Gasteiger partial charge in [-0.15, -0.1) is 0 Å². The van der Waals surface area contributed by atoms with E-state index < -0.39 is 11.6 Å². The standard InChI is InChI=1S/C16H16BrF2NO/c1-10(2)20-9-11-3-6-15(14(19)7-11)21-16-8-12(17)4-5-13(16)18/h3-8,10,20H,9H2,1-2H3. The second-order valence-corrected chi connectivity index (χ2v) is 5.89. The Morgan fingerprint density at radius 1 is 1.05 bits per heavy atom. The third kappa shape index (κ3) is 4.51. The lowest BCUT2D eigenvalue weighted by atomic mass is 10.2. The van der Waals surface area contributed by atoms with E-state index in [0.717, 1.165) is 5.56 Å². The van der Waals surface area contributed by atoms with Gasteiger partial charge in [0.2, 0.25) is 0 Å². The van der Waals surface area contributed by atoms with Gasteiger partial charge in [-0.05, 0) is 35.9 Å². The van der Waals surface area contributed by atoms with Gasteiger partial charge in [0.05, 0.1) is 0 Å². The Morgan fingerprint density at radius 3 is 2.48 bits per heavy atom.